The summed E-state index contributed by atoms with van der Waals surface area (Å²) in [7, 11) is -4.12. The van der Waals surface area contributed by atoms with Crippen LogP contribution in [0.4, 0.5) is 0 Å². The molecule has 1 amide bonds. The molecule has 128 valence electrons. The van der Waals surface area contributed by atoms with E-state index in [0.717, 1.165) is 6.42 Å². The molecule has 0 aromatic rings. The van der Waals surface area contributed by atoms with Gasteiger partial charge in [-0.15, -0.1) is 0 Å². The molecule has 1 rings (SSSR count). The van der Waals surface area contributed by atoms with Gasteiger partial charge in [-0.05, 0) is 26.2 Å². The Morgan fingerprint density at radius 3 is 2.68 bits per heavy atom. The number of carboxylic acids is 1. The number of hydrogen-bond donors (Lipinski definition) is 3. The van der Waals surface area contributed by atoms with Gasteiger partial charge in [0.05, 0.1) is 0 Å². The third-order valence-electron chi connectivity index (χ3n) is 3.75. The molecule has 1 aliphatic rings. The lowest BCUT2D eigenvalue weighted by atomic mass is 10.2. The summed E-state index contributed by atoms with van der Waals surface area (Å²) in [6, 6.07) is -0.898. The molecule has 0 aromatic carbocycles. The standard InChI is InChI=1S/C13H25N2O6P/c1-3-4-7-11(14)22(19,20)21-9(2)12(16)15-8-5-6-10(15)13(17)18/h9-11H,3-8,14H2,1-2H3,(H,17,18)(H,19,20)/t9-,10-,11?/m0/s1. The zero-order valence-electron chi connectivity index (χ0n) is 13.0. The minimum absolute atomic E-state index is 0.307. The molecule has 0 aromatic heterocycles. The molecule has 0 saturated carbocycles. The highest BCUT2D eigenvalue weighted by Crippen LogP contribution is 2.48. The fourth-order valence-corrected chi connectivity index (χ4v) is 3.66. The summed E-state index contributed by atoms with van der Waals surface area (Å²) < 4.78 is 17.1. The number of likely N-dealkylation sites (tertiary alicyclic amines) is 1. The molecule has 22 heavy (non-hydrogen) atoms. The summed E-state index contributed by atoms with van der Waals surface area (Å²) in [6.45, 7) is 3.58. The van der Waals surface area contributed by atoms with Crippen molar-refractivity contribution >= 4 is 19.5 Å². The van der Waals surface area contributed by atoms with Crippen LogP contribution in [0.3, 0.4) is 0 Å². The largest absolute Gasteiger partial charge is 0.480 e. The number of carbonyl (C=O) groups is 2. The Hall–Kier alpha value is -0.950. The van der Waals surface area contributed by atoms with Crippen LogP contribution in [0.25, 0.3) is 0 Å². The lowest BCUT2D eigenvalue weighted by Gasteiger charge is -2.27. The molecule has 0 aliphatic carbocycles. The van der Waals surface area contributed by atoms with E-state index in [9.17, 15) is 19.0 Å². The van der Waals surface area contributed by atoms with E-state index in [1.54, 1.807) is 0 Å². The fraction of sp³-hybridized carbons (Fsp3) is 0.846. The second-order valence-electron chi connectivity index (χ2n) is 5.55. The van der Waals surface area contributed by atoms with Gasteiger partial charge in [-0.3, -0.25) is 13.9 Å². The van der Waals surface area contributed by atoms with Crippen LogP contribution in [0, 0.1) is 0 Å². The van der Waals surface area contributed by atoms with Gasteiger partial charge in [-0.2, -0.15) is 0 Å². The highest BCUT2D eigenvalue weighted by Gasteiger charge is 2.39. The number of carboxylic acid groups (broad SMARTS) is 1. The van der Waals surface area contributed by atoms with Gasteiger partial charge in [0.15, 0.2) is 0 Å². The third-order valence-corrected chi connectivity index (χ3v) is 5.47. The molecule has 4 atom stereocenters. The maximum absolute atomic E-state index is 12.2. The number of nitrogens with zero attached hydrogens (tertiary/aromatic N) is 1. The number of nitrogens with two attached hydrogens (primary N) is 1. The third kappa shape index (κ3) is 4.78. The molecule has 2 unspecified atom stereocenters. The Morgan fingerprint density at radius 1 is 1.50 bits per heavy atom. The zero-order chi connectivity index (χ0) is 16.9. The van der Waals surface area contributed by atoms with Gasteiger partial charge in [-0.25, -0.2) is 4.79 Å². The Balaban J connectivity index is 2.67. The maximum Gasteiger partial charge on any atom is 0.345 e. The van der Waals surface area contributed by atoms with Gasteiger partial charge < -0.3 is 20.6 Å². The van der Waals surface area contributed by atoms with Crippen molar-refractivity contribution in [2.24, 2.45) is 5.73 Å². The number of amides is 1. The molecule has 0 spiro atoms. The van der Waals surface area contributed by atoms with Crippen LogP contribution in [0.1, 0.15) is 46.0 Å². The average Bonchev–Trinajstić information content (AvgIpc) is 2.92. The smallest absolute Gasteiger partial charge is 0.345 e. The molecular weight excluding hydrogens is 311 g/mol. The fourth-order valence-electron chi connectivity index (χ4n) is 2.45. The lowest BCUT2D eigenvalue weighted by molar-refractivity contribution is -0.151. The molecule has 1 saturated heterocycles. The summed E-state index contributed by atoms with van der Waals surface area (Å²) in [5.41, 5.74) is 5.66. The topological polar surface area (TPSA) is 130 Å². The number of hydrogen-bond acceptors (Lipinski definition) is 5. The van der Waals surface area contributed by atoms with Crippen molar-refractivity contribution in [3.05, 3.63) is 0 Å². The maximum atomic E-state index is 12.2. The van der Waals surface area contributed by atoms with Crippen molar-refractivity contribution in [1.29, 1.82) is 0 Å². The molecule has 1 aliphatic heterocycles. The molecule has 4 N–H and O–H groups in total. The van der Waals surface area contributed by atoms with Crippen molar-refractivity contribution < 1.29 is 28.7 Å². The molecule has 0 bridgehead atoms. The normalized spacial score (nSPS) is 23.8. The van der Waals surface area contributed by atoms with Gasteiger partial charge >= 0.3 is 13.6 Å². The Morgan fingerprint density at radius 2 is 2.14 bits per heavy atom. The van der Waals surface area contributed by atoms with Crippen LogP contribution in [0.15, 0.2) is 0 Å². The molecule has 0 radical (unpaired) electrons. The van der Waals surface area contributed by atoms with E-state index in [4.69, 9.17) is 15.4 Å². The van der Waals surface area contributed by atoms with Gasteiger partial charge in [0, 0.05) is 6.54 Å². The van der Waals surface area contributed by atoms with Crippen molar-refractivity contribution in [2.45, 2.75) is 63.9 Å². The van der Waals surface area contributed by atoms with Crippen molar-refractivity contribution in [2.75, 3.05) is 6.54 Å². The first kappa shape index (κ1) is 19.1. The quantitative estimate of drug-likeness (QED) is 0.566. The van der Waals surface area contributed by atoms with Gasteiger partial charge in [0.25, 0.3) is 5.91 Å². The molecule has 1 fully saturated rings. The minimum Gasteiger partial charge on any atom is -0.480 e. The highest BCUT2D eigenvalue weighted by atomic mass is 31.2. The van der Waals surface area contributed by atoms with Crippen LogP contribution in [0.2, 0.25) is 0 Å². The second kappa shape index (κ2) is 8.06. The Bertz CT molecular complexity index is 458. The summed E-state index contributed by atoms with van der Waals surface area (Å²) in [5.74, 6) is -2.72. The van der Waals surface area contributed by atoms with Crippen molar-refractivity contribution in [3.8, 4) is 0 Å². The summed E-state index contributed by atoms with van der Waals surface area (Å²) >= 11 is 0. The van der Waals surface area contributed by atoms with Crippen LogP contribution in [0.5, 0.6) is 0 Å². The second-order valence-corrected chi connectivity index (χ2v) is 7.55. The van der Waals surface area contributed by atoms with E-state index in [2.05, 4.69) is 0 Å². The molecule has 9 heteroatoms. The minimum atomic E-state index is -4.12. The molecule has 1 heterocycles. The predicted molar refractivity (Wildman–Crippen MR) is 80.2 cm³/mol. The van der Waals surface area contributed by atoms with E-state index in [-0.39, 0.29) is 0 Å². The monoisotopic (exact) mass is 336 g/mol. The van der Waals surface area contributed by atoms with Gasteiger partial charge in [0.2, 0.25) is 0 Å². The average molecular weight is 336 g/mol. The Kier molecular flexibility index (Phi) is 6.99. The number of aliphatic carboxylic acids is 1. The summed E-state index contributed by atoms with van der Waals surface area (Å²) in [5, 5.41) is 9.07. The van der Waals surface area contributed by atoms with Gasteiger partial charge in [-0.1, -0.05) is 19.8 Å². The van der Waals surface area contributed by atoms with Crippen LogP contribution in [-0.2, 0) is 18.7 Å². The SMILES string of the molecule is CCCCC(N)P(=O)(O)O[C@@H](C)C(=O)N1CCC[C@H]1C(=O)O. The van der Waals surface area contributed by atoms with Crippen LogP contribution < -0.4 is 5.73 Å². The lowest BCUT2D eigenvalue weighted by Crippen LogP contribution is -2.45. The summed E-state index contributed by atoms with van der Waals surface area (Å²) in [4.78, 5) is 34.4. The van der Waals surface area contributed by atoms with E-state index >= 15 is 0 Å². The molecular formula is C13H25N2O6P. The number of carbonyl (C=O) groups excluding carboxylic acids is 1. The van der Waals surface area contributed by atoms with Crippen LogP contribution in [-0.4, -0.2) is 51.2 Å². The molecule has 8 nitrogen and oxygen atoms in total. The van der Waals surface area contributed by atoms with E-state index in [0.29, 0.717) is 32.2 Å². The first-order valence-corrected chi connectivity index (χ1v) is 9.15. The summed E-state index contributed by atoms with van der Waals surface area (Å²) in [6.07, 6.45) is 1.60. The van der Waals surface area contributed by atoms with Crippen molar-refractivity contribution in [3.63, 3.8) is 0 Å². The zero-order valence-corrected chi connectivity index (χ0v) is 13.9. The number of unbranched alkanes of at least 4 members (excludes halogenated alkanes) is 1. The van der Waals surface area contributed by atoms with Crippen molar-refractivity contribution in [1.82, 2.24) is 4.90 Å². The first-order valence-electron chi connectivity index (χ1n) is 7.50. The predicted octanol–water partition coefficient (Wildman–Crippen LogP) is 1.13. The first-order chi connectivity index (χ1) is 10.2. The number of rotatable bonds is 8. The van der Waals surface area contributed by atoms with Gasteiger partial charge in [0.1, 0.15) is 17.9 Å². The van der Waals surface area contributed by atoms with E-state index in [1.165, 1.54) is 11.8 Å². The van der Waals surface area contributed by atoms with E-state index in [1.807, 2.05) is 6.92 Å². The van der Waals surface area contributed by atoms with E-state index < -0.39 is 37.4 Å². The highest BCUT2D eigenvalue weighted by molar-refractivity contribution is 7.53. The van der Waals surface area contributed by atoms with Crippen LogP contribution >= 0.6 is 7.60 Å². The Labute approximate surface area is 130 Å².